The Hall–Kier alpha value is -7.30. The molecule has 0 amide bonds. The van der Waals surface area contributed by atoms with Gasteiger partial charge in [-0.3, -0.25) is 0 Å². The van der Waals surface area contributed by atoms with Gasteiger partial charge in [-0.1, -0.05) is 171 Å². The Balaban J connectivity index is 1.12. The number of allylic oxidation sites excluding steroid dienone is 8. The van der Waals surface area contributed by atoms with Gasteiger partial charge in [0, 0.05) is 33.2 Å². The lowest BCUT2D eigenvalue weighted by Crippen LogP contribution is -1.97. The lowest BCUT2D eigenvalue weighted by atomic mass is 9.98. The first-order chi connectivity index (χ1) is 27.6. The summed E-state index contributed by atoms with van der Waals surface area (Å²) in [4.78, 5) is 20.4. The number of para-hydroxylation sites is 1. The first-order valence-electron chi connectivity index (χ1n) is 18.9. The molecular weight excluding hydrogens is 681 g/mol. The molecule has 0 saturated carbocycles. The number of hydrogen-bond donors (Lipinski definition) is 0. The average molecular weight is 719 g/mol. The maximum atomic E-state index is 5.17. The van der Waals surface area contributed by atoms with Crippen molar-refractivity contribution in [2.24, 2.45) is 0 Å². The fourth-order valence-corrected chi connectivity index (χ4v) is 7.32. The smallest absolute Gasteiger partial charge is 0.160 e. The first kappa shape index (κ1) is 34.5. The van der Waals surface area contributed by atoms with Crippen LogP contribution in [0.5, 0.6) is 0 Å². The van der Waals surface area contributed by atoms with E-state index in [9.17, 15) is 0 Å². The lowest BCUT2D eigenvalue weighted by Gasteiger charge is -2.12. The number of aromatic nitrogens is 4. The van der Waals surface area contributed by atoms with Gasteiger partial charge in [-0.05, 0) is 70.2 Å². The third-order valence-electron chi connectivity index (χ3n) is 10.3. The van der Waals surface area contributed by atoms with Gasteiger partial charge in [0.05, 0.1) is 22.6 Å². The minimum atomic E-state index is 0.673. The van der Waals surface area contributed by atoms with E-state index in [1.165, 1.54) is 11.1 Å². The normalized spacial score (nSPS) is 12.8. The zero-order valence-electron chi connectivity index (χ0n) is 30.9. The van der Waals surface area contributed by atoms with E-state index < -0.39 is 0 Å². The van der Waals surface area contributed by atoms with Crippen molar-refractivity contribution in [1.82, 2.24) is 19.9 Å². The van der Waals surface area contributed by atoms with Gasteiger partial charge in [0.2, 0.25) is 0 Å². The van der Waals surface area contributed by atoms with Crippen LogP contribution in [0.3, 0.4) is 0 Å². The third kappa shape index (κ3) is 6.92. The summed E-state index contributed by atoms with van der Waals surface area (Å²) in [6, 6.07) is 50.5. The molecule has 2 aromatic heterocycles. The average Bonchev–Trinajstić information content (AvgIpc) is 3.28. The van der Waals surface area contributed by atoms with Gasteiger partial charge in [-0.15, -0.1) is 0 Å². The Labute approximate surface area is 327 Å². The van der Waals surface area contributed by atoms with E-state index >= 15 is 0 Å². The maximum absolute atomic E-state index is 5.17. The zero-order valence-corrected chi connectivity index (χ0v) is 30.9. The molecule has 0 atom stereocenters. The minimum Gasteiger partial charge on any atom is -0.228 e. The molecule has 0 spiro atoms. The second-order valence-electron chi connectivity index (χ2n) is 13.9. The van der Waals surface area contributed by atoms with Gasteiger partial charge in [-0.25, -0.2) is 19.9 Å². The third-order valence-corrected chi connectivity index (χ3v) is 10.3. The van der Waals surface area contributed by atoms with E-state index in [1.807, 2.05) is 48.6 Å². The van der Waals surface area contributed by atoms with Gasteiger partial charge in [0.15, 0.2) is 11.6 Å². The Bertz CT molecular complexity index is 2860. The van der Waals surface area contributed by atoms with Crippen LogP contribution in [-0.4, -0.2) is 19.9 Å². The quantitative estimate of drug-likeness (QED) is 0.139. The molecule has 0 bridgehead atoms. The molecule has 56 heavy (non-hydrogen) atoms. The summed E-state index contributed by atoms with van der Waals surface area (Å²) in [6.45, 7) is 7.85. The van der Waals surface area contributed by atoms with Crippen LogP contribution < -0.4 is 0 Å². The van der Waals surface area contributed by atoms with Crippen LogP contribution in [0.2, 0.25) is 0 Å². The highest BCUT2D eigenvalue weighted by molar-refractivity contribution is 5.94. The first-order valence-corrected chi connectivity index (χ1v) is 18.9. The van der Waals surface area contributed by atoms with Crippen LogP contribution in [0.1, 0.15) is 24.0 Å². The van der Waals surface area contributed by atoms with Crippen LogP contribution >= 0.6 is 0 Å². The summed E-state index contributed by atoms with van der Waals surface area (Å²) < 4.78 is 0. The summed E-state index contributed by atoms with van der Waals surface area (Å²) in [7, 11) is 0. The largest absolute Gasteiger partial charge is 0.228 e. The highest BCUT2D eigenvalue weighted by Crippen LogP contribution is 2.34. The molecule has 6 aromatic carbocycles. The van der Waals surface area contributed by atoms with Gasteiger partial charge < -0.3 is 0 Å². The molecule has 266 valence electrons. The molecule has 0 aliphatic heterocycles. The Morgan fingerprint density at radius 3 is 1.89 bits per heavy atom. The van der Waals surface area contributed by atoms with Crippen molar-refractivity contribution in [3.05, 3.63) is 206 Å². The molecule has 1 aliphatic rings. The predicted octanol–water partition coefficient (Wildman–Crippen LogP) is 13.4. The standard InChI is InChI=1S/C52H38N4/c1-3-13-35(4-2)42-28-29-44-33-45(31-30-43(44)32-42)49-34-48(54-51(55-49)40-24-20-37(21-25-40)36-14-7-5-8-15-36)38-22-26-41(27-23-38)52-53-47-19-12-11-18-46(47)50(56-52)39-16-9-6-10-17-39/h3-4,6-7,9-34H,1-2,5,8H2/b35-13+. The summed E-state index contributed by atoms with van der Waals surface area (Å²) in [5.41, 5.74) is 13.1. The van der Waals surface area contributed by atoms with E-state index in [-0.39, 0.29) is 0 Å². The van der Waals surface area contributed by atoms with Crippen molar-refractivity contribution in [3.63, 3.8) is 0 Å². The minimum absolute atomic E-state index is 0.673. The van der Waals surface area contributed by atoms with Gasteiger partial charge in [0.25, 0.3) is 0 Å². The number of hydrogen-bond acceptors (Lipinski definition) is 4. The summed E-state index contributed by atoms with van der Waals surface area (Å²) in [5, 5.41) is 3.30. The van der Waals surface area contributed by atoms with E-state index in [0.717, 1.165) is 90.6 Å². The molecule has 4 heteroatoms. The number of rotatable bonds is 9. The molecule has 4 nitrogen and oxygen atoms in total. The zero-order chi connectivity index (χ0) is 37.8. The molecule has 0 unspecified atom stereocenters. The van der Waals surface area contributed by atoms with Gasteiger partial charge >= 0.3 is 0 Å². The Morgan fingerprint density at radius 1 is 0.518 bits per heavy atom. The van der Waals surface area contributed by atoms with Crippen LogP contribution in [0.25, 0.3) is 89.4 Å². The molecule has 0 radical (unpaired) electrons. The monoisotopic (exact) mass is 718 g/mol. The molecule has 0 fully saturated rings. The SMILES string of the molecule is C=C/C=C(\C=C)c1ccc2cc(-c3cc(-c4ccc(-c5nc(-c6ccccc6)c6ccccc6n5)cc4)nc(-c4ccc(C5=CCCC=C5)cc4)n3)ccc2c1. The number of benzene rings is 6. The molecule has 8 aromatic rings. The summed E-state index contributed by atoms with van der Waals surface area (Å²) in [6.07, 6.45) is 14.5. The van der Waals surface area contributed by atoms with Crippen LogP contribution in [0.4, 0.5) is 0 Å². The van der Waals surface area contributed by atoms with E-state index in [2.05, 4.69) is 141 Å². The van der Waals surface area contributed by atoms with Crippen LogP contribution in [0, 0.1) is 0 Å². The van der Waals surface area contributed by atoms with Crippen molar-refractivity contribution < 1.29 is 0 Å². The second-order valence-corrected chi connectivity index (χ2v) is 13.9. The van der Waals surface area contributed by atoms with Crippen LogP contribution in [-0.2, 0) is 0 Å². The Morgan fingerprint density at radius 2 is 1.16 bits per heavy atom. The number of fused-ring (bicyclic) bond motifs is 2. The Kier molecular flexibility index (Phi) is 9.36. The highest BCUT2D eigenvalue weighted by atomic mass is 14.9. The molecular formula is C52H38N4. The molecule has 0 saturated heterocycles. The van der Waals surface area contributed by atoms with Gasteiger partial charge in [-0.2, -0.15) is 0 Å². The number of nitrogens with zero attached hydrogens (tertiary/aromatic N) is 4. The molecule has 0 N–H and O–H groups in total. The fourth-order valence-electron chi connectivity index (χ4n) is 7.32. The topological polar surface area (TPSA) is 51.6 Å². The second kappa shape index (κ2) is 15.2. The van der Waals surface area contributed by atoms with Crippen molar-refractivity contribution in [1.29, 1.82) is 0 Å². The van der Waals surface area contributed by atoms with Gasteiger partial charge in [0.1, 0.15) is 0 Å². The maximum Gasteiger partial charge on any atom is 0.160 e. The van der Waals surface area contributed by atoms with E-state index in [1.54, 1.807) is 6.08 Å². The predicted molar refractivity (Wildman–Crippen MR) is 235 cm³/mol. The van der Waals surface area contributed by atoms with Crippen molar-refractivity contribution in [2.75, 3.05) is 0 Å². The lowest BCUT2D eigenvalue weighted by molar-refractivity contribution is 1.04. The van der Waals surface area contributed by atoms with E-state index in [4.69, 9.17) is 19.9 Å². The van der Waals surface area contributed by atoms with Crippen molar-refractivity contribution in [3.8, 4) is 56.5 Å². The van der Waals surface area contributed by atoms with Crippen molar-refractivity contribution in [2.45, 2.75) is 12.8 Å². The fraction of sp³-hybridized carbons (Fsp3) is 0.0385. The highest BCUT2D eigenvalue weighted by Gasteiger charge is 2.15. The molecule has 9 rings (SSSR count). The molecule has 2 heterocycles. The summed E-state index contributed by atoms with van der Waals surface area (Å²) in [5.74, 6) is 1.35. The van der Waals surface area contributed by atoms with Crippen molar-refractivity contribution >= 4 is 32.8 Å². The molecule has 1 aliphatic carbocycles. The van der Waals surface area contributed by atoms with E-state index in [0.29, 0.717) is 11.6 Å². The van der Waals surface area contributed by atoms with Crippen LogP contribution in [0.15, 0.2) is 195 Å². The summed E-state index contributed by atoms with van der Waals surface area (Å²) >= 11 is 0.